The first-order valence-corrected chi connectivity index (χ1v) is 4.30. The van der Waals surface area contributed by atoms with E-state index in [2.05, 4.69) is 15.7 Å². The lowest BCUT2D eigenvalue weighted by Gasteiger charge is -2.24. The van der Waals surface area contributed by atoms with Crippen LogP contribution in [0.5, 0.6) is 0 Å². The standard InChI is InChI=1S/C7H16B2/c8-7(9)6-4-2-1-3-5-6/h6-7H,1-5,8-9H2. The van der Waals surface area contributed by atoms with E-state index in [1.165, 1.54) is 32.1 Å². The van der Waals surface area contributed by atoms with Crippen LogP contribution in [0.1, 0.15) is 32.1 Å². The van der Waals surface area contributed by atoms with Crippen molar-refractivity contribution in [2.24, 2.45) is 5.92 Å². The molecule has 1 fully saturated rings. The average molecular weight is 122 g/mol. The van der Waals surface area contributed by atoms with Gasteiger partial charge in [-0.1, -0.05) is 43.7 Å². The first kappa shape index (κ1) is 7.24. The highest BCUT2D eigenvalue weighted by Gasteiger charge is 2.15. The molecule has 0 unspecified atom stereocenters. The molecule has 0 amide bonds. The summed E-state index contributed by atoms with van der Waals surface area (Å²) in [5, 5.41) is 0. The summed E-state index contributed by atoms with van der Waals surface area (Å²) in [5.41, 5.74) is 0.935. The van der Waals surface area contributed by atoms with Crippen LogP contribution in [-0.2, 0) is 0 Å². The molecule has 0 radical (unpaired) electrons. The van der Waals surface area contributed by atoms with E-state index in [4.69, 9.17) is 0 Å². The molecule has 0 heterocycles. The third-order valence-corrected chi connectivity index (χ3v) is 2.59. The van der Waals surface area contributed by atoms with Crippen LogP contribution in [0.3, 0.4) is 0 Å². The topological polar surface area (TPSA) is 0 Å². The summed E-state index contributed by atoms with van der Waals surface area (Å²) in [7, 11) is 4.71. The number of rotatable bonds is 1. The summed E-state index contributed by atoms with van der Waals surface area (Å²) in [6.45, 7) is 0. The molecule has 0 aliphatic heterocycles. The first-order chi connectivity index (χ1) is 4.30. The maximum atomic E-state index is 2.36. The third-order valence-electron chi connectivity index (χ3n) is 2.59. The second-order valence-corrected chi connectivity index (χ2v) is 3.64. The molecule has 0 nitrogen and oxygen atoms in total. The molecule has 0 bridgehead atoms. The minimum absolute atomic E-state index is 0.935. The Kier molecular flexibility index (Phi) is 2.68. The molecule has 1 saturated carbocycles. The Morgan fingerprint density at radius 3 is 1.89 bits per heavy atom. The molecule has 1 aliphatic carbocycles. The molecule has 0 aromatic carbocycles. The van der Waals surface area contributed by atoms with E-state index in [1.807, 2.05) is 0 Å². The van der Waals surface area contributed by atoms with Crippen molar-refractivity contribution in [1.29, 1.82) is 0 Å². The summed E-state index contributed by atoms with van der Waals surface area (Å²) in [6.07, 6.45) is 7.46. The van der Waals surface area contributed by atoms with Crippen molar-refractivity contribution in [2.75, 3.05) is 0 Å². The molecule has 0 aromatic heterocycles. The molecule has 9 heavy (non-hydrogen) atoms. The van der Waals surface area contributed by atoms with Crippen LogP contribution in [0.2, 0.25) is 5.72 Å². The Balaban J connectivity index is 2.23. The predicted octanol–water partition coefficient (Wildman–Crippen LogP) is 0.579. The largest absolute Gasteiger partial charge is 0.0960 e. The van der Waals surface area contributed by atoms with Crippen molar-refractivity contribution >= 4 is 15.7 Å². The van der Waals surface area contributed by atoms with Gasteiger partial charge in [0.05, 0.1) is 15.7 Å². The minimum Gasteiger partial charge on any atom is -0.0932 e. The summed E-state index contributed by atoms with van der Waals surface area (Å²) in [6, 6.07) is 0. The van der Waals surface area contributed by atoms with Gasteiger partial charge in [-0.3, -0.25) is 0 Å². The highest BCUT2D eigenvalue weighted by molar-refractivity contribution is 6.35. The monoisotopic (exact) mass is 122 g/mol. The predicted molar refractivity (Wildman–Crippen MR) is 47.4 cm³/mol. The summed E-state index contributed by atoms with van der Waals surface area (Å²) < 4.78 is 0. The van der Waals surface area contributed by atoms with Crippen LogP contribution < -0.4 is 0 Å². The van der Waals surface area contributed by atoms with Crippen LogP contribution in [-0.4, -0.2) is 15.7 Å². The lowest BCUT2D eigenvalue weighted by molar-refractivity contribution is 0.373. The zero-order chi connectivity index (χ0) is 6.69. The molecule has 0 aromatic rings. The Labute approximate surface area is 60.2 Å². The quantitative estimate of drug-likeness (QED) is 0.446. The molecule has 1 aliphatic rings. The van der Waals surface area contributed by atoms with Crippen LogP contribution in [0.15, 0.2) is 0 Å². The second-order valence-electron chi connectivity index (χ2n) is 3.64. The molecule has 2 heteroatoms. The van der Waals surface area contributed by atoms with E-state index in [9.17, 15) is 0 Å². The average Bonchev–Trinajstić information content (AvgIpc) is 1.90. The van der Waals surface area contributed by atoms with Gasteiger partial charge in [-0.25, -0.2) is 0 Å². The van der Waals surface area contributed by atoms with Gasteiger partial charge in [0.25, 0.3) is 0 Å². The highest BCUT2D eigenvalue weighted by Crippen LogP contribution is 2.29. The molecule has 0 atom stereocenters. The fraction of sp³-hybridized carbons (Fsp3) is 1.00. The number of hydrogen-bond acceptors (Lipinski definition) is 0. The van der Waals surface area contributed by atoms with E-state index in [0.717, 1.165) is 11.6 Å². The van der Waals surface area contributed by atoms with Gasteiger partial charge in [0.1, 0.15) is 0 Å². The van der Waals surface area contributed by atoms with Crippen LogP contribution in [0.25, 0.3) is 0 Å². The van der Waals surface area contributed by atoms with E-state index >= 15 is 0 Å². The summed E-state index contributed by atoms with van der Waals surface area (Å²) >= 11 is 0. The van der Waals surface area contributed by atoms with Gasteiger partial charge in [-0.15, -0.1) is 0 Å². The maximum Gasteiger partial charge on any atom is 0.0960 e. The summed E-state index contributed by atoms with van der Waals surface area (Å²) in [4.78, 5) is 0. The van der Waals surface area contributed by atoms with Gasteiger partial charge < -0.3 is 0 Å². The molecular formula is C7H16B2. The lowest BCUT2D eigenvalue weighted by Crippen LogP contribution is -2.13. The third kappa shape index (κ3) is 2.08. The van der Waals surface area contributed by atoms with Crippen LogP contribution in [0, 0.1) is 5.92 Å². The fourth-order valence-corrected chi connectivity index (χ4v) is 1.80. The Hall–Kier alpha value is 0.130. The first-order valence-electron chi connectivity index (χ1n) is 4.30. The van der Waals surface area contributed by atoms with Crippen LogP contribution in [0.4, 0.5) is 0 Å². The van der Waals surface area contributed by atoms with Crippen molar-refractivity contribution in [3.05, 3.63) is 0 Å². The zero-order valence-corrected chi connectivity index (χ0v) is 6.69. The zero-order valence-electron chi connectivity index (χ0n) is 6.69. The Morgan fingerprint density at radius 1 is 1.00 bits per heavy atom. The minimum atomic E-state index is 0.935. The normalized spacial score (nSPS) is 22.8. The van der Waals surface area contributed by atoms with E-state index in [1.54, 1.807) is 0 Å². The van der Waals surface area contributed by atoms with Gasteiger partial charge >= 0.3 is 0 Å². The van der Waals surface area contributed by atoms with Crippen LogP contribution >= 0.6 is 0 Å². The van der Waals surface area contributed by atoms with Gasteiger partial charge in [0, 0.05) is 0 Å². The molecular weight excluding hydrogens is 106 g/mol. The highest BCUT2D eigenvalue weighted by atomic mass is 14.2. The smallest absolute Gasteiger partial charge is 0.0932 e. The van der Waals surface area contributed by atoms with Crippen molar-refractivity contribution in [3.8, 4) is 0 Å². The van der Waals surface area contributed by atoms with Gasteiger partial charge in [-0.2, -0.15) is 0 Å². The van der Waals surface area contributed by atoms with Crippen molar-refractivity contribution in [2.45, 2.75) is 37.8 Å². The fourth-order valence-electron chi connectivity index (χ4n) is 1.80. The van der Waals surface area contributed by atoms with E-state index in [-0.39, 0.29) is 0 Å². The Bertz CT molecular complexity index is 75.0. The van der Waals surface area contributed by atoms with E-state index in [0.29, 0.717) is 0 Å². The molecule has 0 spiro atoms. The maximum absolute atomic E-state index is 2.36. The van der Waals surface area contributed by atoms with Crippen molar-refractivity contribution < 1.29 is 0 Å². The molecule has 0 saturated heterocycles. The van der Waals surface area contributed by atoms with Crippen molar-refractivity contribution in [3.63, 3.8) is 0 Å². The number of hydrogen-bond donors (Lipinski definition) is 0. The molecule has 1 rings (SSSR count). The lowest BCUT2D eigenvalue weighted by atomic mass is 9.60. The van der Waals surface area contributed by atoms with E-state index < -0.39 is 0 Å². The summed E-state index contributed by atoms with van der Waals surface area (Å²) in [5.74, 6) is 1.05. The Morgan fingerprint density at radius 2 is 1.56 bits per heavy atom. The SMILES string of the molecule is BC(B)C1CCCCC1. The van der Waals surface area contributed by atoms with Gasteiger partial charge in [0.15, 0.2) is 0 Å². The molecule has 0 N–H and O–H groups in total. The molecule has 50 valence electrons. The van der Waals surface area contributed by atoms with Crippen molar-refractivity contribution in [1.82, 2.24) is 0 Å². The van der Waals surface area contributed by atoms with Gasteiger partial charge in [0.2, 0.25) is 0 Å². The van der Waals surface area contributed by atoms with Gasteiger partial charge in [-0.05, 0) is 0 Å². The second kappa shape index (κ2) is 3.34.